The van der Waals surface area contributed by atoms with E-state index < -0.39 is 5.97 Å². The molecule has 0 N–H and O–H groups in total. The van der Waals surface area contributed by atoms with Gasteiger partial charge in [0.25, 0.3) is 6.47 Å². The van der Waals surface area contributed by atoms with Crippen molar-refractivity contribution in [3.63, 3.8) is 0 Å². The van der Waals surface area contributed by atoms with Crippen LogP contribution in [0.5, 0.6) is 0 Å². The van der Waals surface area contributed by atoms with E-state index in [9.17, 15) is 9.59 Å². The van der Waals surface area contributed by atoms with E-state index in [0.717, 1.165) is 0 Å². The van der Waals surface area contributed by atoms with Gasteiger partial charge in [0, 0.05) is 0 Å². The molecule has 0 saturated carbocycles. The summed E-state index contributed by atoms with van der Waals surface area (Å²) < 4.78 is 13.5. The van der Waals surface area contributed by atoms with Gasteiger partial charge in [-0.25, -0.2) is 4.79 Å². The summed E-state index contributed by atoms with van der Waals surface area (Å²) >= 11 is 0. The maximum atomic E-state index is 11.1. The van der Waals surface area contributed by atoms with Gasteiger partial charge in [-0.15, -0.1) is 0 Å². The summed E-state index contributed by atoms with van der Waals surface area (Å²) in [4.78, 5) is 21.0. The number of carbonyl (C=O) groups excluding carboxylic acids is 2. The summed E-state index contributed by atoms with van der Waals surface area (Å²) in [5.74, 6) is -0.549. The number of hydrogen-bond donors (Lipinski definition) is 0. The molecule has 0 aliphatic heterocycles. The molecule has 0 radical (unpaired) electrons. The van der Waals surface area contributed by atoms with Crippen LogP contribution in [0.4, 0.5) is 0 Å². The molecule has 0 atom stereocenters. The van der Waals surface area contributed by atoms with E-state index in [-0.39, 0.29) is 18.7 Å². The zero-order valence-corrected chi connectivity index (χ0v) is 8.06. The highest BCUT2D eigenvalue weighted by molar-refractivity contribution is 5.89. The maximum absolute atomic E-state index is 11.1. The molecule has 78 valence electrons. The molecule has 14 heavy (non-hydrogen) atoms. The lowest BCUT2D eigenvalue weighted by molar-refractivity contribution is -0.137. The van der Waals surface area contributed by atoms with Crippen LogP contribution in [-0.4, -0.2) is 33.3 Å². The lowest BCUT2D eigenvalue weighted by Gasteiger charge is -2.02. The Bertz CT molecular complexity index is 242. The number of ether oxygens (including phenoxy) is 3. The molecule has 0 unspecified atom stereocenters. The predicted octanol–water partition coefficient (Wildman–Crippen LogP) is 0.419. The SMILES string of the molecule is CO/C=C/C=C(\COC=O)C(=O)OC. The van der Waals surface area contributed by atoms with Gasteiger partial charge in [0.2, 0.25) is 0 Å². The minimum absolute atomic E-state index is 0.121. The number of carbonyl (C=O) groups is 2. The van der Waals surface area contributed by atoms with Gasteiger partial charge in [0.05, 0.1) is 26.1 Å². The number of hydrogen-bond acceptors (Lipinski definition) is 5. The van der Waals surface area contributed by atoms with Crippen molar-refractivity contribution in [2.24, 2.45) is 0 Å². The van der Waals surface area contributed by atoms with Gasteiger partial charge in [-0.1, -0.05) is 0 Å². The Morgan fingerprint density at radius 3 is 2.57 bits per heavy atom. The molecule has 0 spiro atoms. The van der Waals surface area contributed by atoms with Crippen LogP contribution in [0, 0.1) is 0 Å². The van der Waals surface area contributed by atoms with Gasteiger partial charge in [0.1, 0.15) is 6.61 Å². The molecule has 0 aliphatic carbocycles. The number of esters is 1. The van der Waals surface area contributed by atoms with E-state index in [4.69, 9.17) is 0 Å². The fraction of sp³-hybridized carbons (Fsp3) is 0.333. The second-order valence-corrected chi connectivity index (χ2v) is 2.15. The minimum atomic E-state index is -0.549. The Hall–Kier alpha value is -1.78. The van der Waals surface area contributed by atoms with Crippen LogP contribution in [0.2, 0.25) is 0 Å². The smallest absolute Gasteiger partial charge is 0.337 e. The van der Waals surface area contributed by atoms with Crippen LogP contribution in [0.3, 0.4) is 0 Å². The van der Waals surface area contributed by atoms with E-state index in [1.165, 1.54) is 32.6 Å². The van der Waals surface area contributed by atoms with Crippen LogP contribution in [0.25, 0.3) is 0 Å². The summed E-state index contributed by atoms with van der Waals surface area (Å²) in [7, 11) is 2.72. The van der Waals surface area contributed by atoms with Crippen LogP contribution in [-0.2, 0) is 23.8 Å². The minimum Gasteiger partial charge on any atom is -0.504 e. The first-order valence-electron chi connectivity index (χ1n) is 3.78. The fourth-order valence-corrected chi connectivity index (χ4v) is 0.664. The second-order valence-electron chi connectivity index (χ2n) is 2.15. The quantitative estimate of drug-likeness (QED) is 0.204. The molecule has 0 bridgehead atoms. The molecule has 0 aromatic carbocycles. The van der Waals surface area contributed by atoms with Crippen molar-refractivity contribution in [1.29, 1.82) is 0 Å². The number of methoxy groups -OCH3 is 2. The Kier molecular flexibility index (Phi) is 6.85. The Morgan fingerprint density at radius 1 is 1.36 bits per heavy atom. The zero-order chi connectivity index (χ0) is 10.8. The summed E-state index contributed by atoms with van der Waals surface area (Å²) in [5, 5.41) is 0. The molecule has 0 amide bonds. The summed E-state index contributed by atoms with van der Waals surface area (Å²) in [5.41, 5.74) is 0.230. The van der Waals surface area contributed by atoms with Crippen LogP contribution < -0.4 is 0 Å². The van der Waals surface area contributed by atoms with Gasteiger partial charge in [-0.2, -0.15) is 0 Å². The molecule has 0 rings (SSSR count). The molecule has 0 aliphatic rings. The summed E-state index contributed by atoms with van der Waals surface area (Å²) in [6.07, 6.45) is 4.32. The lowest BCUT2D eigenvalue weighted by atomic mass is 10.2. The van der Waals surface area contributed by atoms with E-state index in [1.54, 1.807) is 0 Å². The van der Waals surface area contributed by atoms with E-state index >= 15 is 0 Å². The monoisotopic (exact) mass is 200 g/mol. The molecular weight excluding hydrogens is 188 g/mol. The highest BCUT2D eigenvalue weighted by Gasteiger charge is 2.08. The molecular formula is C9H12O5. The van der Waals surface area contributed by atoms with Crippen LogP contribution >= 0.6 is 0 Å². The van der Waals surface area contributed by atoms with E-state index in [1.807, 2.05) is 0 Å². The Balaban J connectivity index is 4.36. The fourth-order valence-electron chi connectivity index (χ4n) is 0.664. The average Bonchev–Trinajstić information content (AvgIpc) is 2.22. The van der Waals surface area contributed by atoms with Crippen LogP contribution in [0.1, 0.15) is 0 Å². The Labute approximate surface area is 81.9 Å². The molecule has 0 aromatic heterocycles. The second kappa shape index (κ2) is 7.85. The third-order valence-electron chi connectivity index (χ3n) is 1.27. The first-order chi connectivity index (χ1) is 6.76. The van der Waals surface area contributed by atoms with Crippen LogP contribution in [0.15, 0.2) is 24.0 Å². The third-order valence-corrected chi connectivity index (χ3v) is 1.27. The summed E-state index contributed by atoms with van der Waals surface area (Å²) in [6, 6.07) is 0. The highest BCUT2D eigenvalue weighted by Crippen LogP contribution is 1.98. The first-order valence-corrected chi connectivity index (χ1v) is 3.78. The number of allylic oxidation sites excluding steroid dienone is 2. The van der Waals surface area contributed by atoms with E-state index in [2.05, 4.69) is 14.2 Å². The van der Waals surface area contributed by atoms with E-state index in [0.29, 0.717) is 0 Å². The van der Waals surface area contributed by atoms with Crippen molar-refractivity contribution in [3.05, 3.63) is 24.0 Å². The molecule has 0 heterocycles. The standard InChI is InChI=1S/C9H12O5/c1-12-5-3-4-8(6-14-7-10)9(11)13-2/h3-5,7H,6H2,1-2H3/b5-3+,8-4+. The molecule has 0 saturated heterocycles. The van der Waals surface area contributed by atoms with Crippen molar-refractivity contribution < 1.29 is 23.8 Å². The van der Waals surface area contributed by atoms with Gasteiger partial charge >= 0.3 is 5.97 Å². The maximum Gasteiger partial charge on any atom is 0.337 e. The van der Waals surface area contributed by atoms with Crippen molar-refractivity contribution in [3.8, 4) is 0 Å². The molecule has 0 aromatic rings. The molecule has 0 fully saturated rings. The van der Waals surface area contributed by atoms with Gasteiger partial charge in [0.15, 0.2) is 0 Å². The average molecular weight is 200 g/mol. The largest absolute Gasteiger partial charge is 0.504 e. The van der Waals surface area contributed by atoms with Gasteiger partial charge in [-0.05, 0) is 12.2 Å². The third kappa shape index (κ3) is 4.97. The van der Waals surface area contributed by atoms with Crippen molar-refractivity contribution in [1.82, 2.24) is 0 Å². The van der Waals surface area contributed by atoms with Crippen molar-refractivity contribution in [2.75, 3.05) is 20.8 Å². The predicted molar refractivity (Wildman–Crippen MR) is 48.3 cm³/mol. The summed E-state index contributed by atoms with van der Waals surface area (Å²) in [6.45, 7) is 0.140. The lowest BCUT2D eigenvalue weighted by Crippen LogP contribution is -2.10. The van der Waals surface area contributed by atoms with Crippen molar-refractivity contribution >= 4 is 12.4 Å². The molecule has 5 heteroatoms. The first kappa shape index (κ1) is 12.2. The number of rotatable bonds is 6. The van der Waals surface area contributed by atoms with Gasteiger partial charge < -0.3 is 14.2 Å². The molecule has 5 nitrogen and oxygen atoms in total. The normalized spacial score (nSPS) is 11.1. The van der Waals surface area contributed by atoms with Gasteiger partial charge in [-0.3, -0.25) is 4.79 Å². The topological polar surface area (TPSA) is 61.8 Å². The highest BCUT2D eigenvalue weighted by atomic mass is 16.5. The van der Waals surface area contributed by atoms with Crippen molar-refractivity contribution in [2.45, 2.75) is 0 Å². The Morgan fingerprint density at radius 2 is 2.07 bits per heavy atom. The zero-order valence-electron chi connectivity index (χ0n) is 8.06.